The minimum atomic E-state index is -0.0152. The van der Waals surface area contributed by atoms with Crippen LogP contribution in [0.4, 0.5) is 5.88 Å². The van der Waals surface area contributed by atoms with E-state index < -0.39 is 0 Å². The van der Waals surface area contributed by atoms with Crippen LogP contribution in [0.1, 0.15) is 26.5 Å². The standard InChI is InChI=1S/C8H10N2OS/c1-8(2,3)6-4-7(9-5-12)11-10-6/h4H,1-3H3. The Balaban J connectivity index is 2.99. The lowest BCUT2D eigenvalue weighted by atomic mass is 9.92. The van der Waals surface area contributed by atoms with Gasteiger partial charge in [-0.1, -0.05) is 25.9 Å². The Bertz CT molecular complexity index is 318. The largest absolute Gasteiger partial charge is 0.335 e. The molecule has 0 radical (unpaired) electrons. The topological polar surface area (TPSA) is 38.4 Å². The molecule has 1 aromatic heterocycles. The van der Waals surface area contributed by atoms with Crippen LogP contribution in [0, 0.1) is 0 Å². The summed E-state index contributed by atoms with van der Waals surface area (Å²) in [5, 5.41) is 6.07. The second kappa shape index (κ2) is 3.17. The van der Waals surface area contributed by atoms with E-state index in [4.69, 9.17) is 4.52 Å². The maximum atomic E-state index is 4.89. The molecule has 0 saturated heterocycles. The van der Waals surface area contributed by atoms with Gasteiger partial charge < -0.3 is 4.52 Å². The zero-order chi connectivity index (χ0) is 9.19. The minimum absolute atomic E-state index is 0.0152. The molecule has 64 valence electrons. The number of hydrogen-bond donors (Lipinski definition) is 0. The zero-order valence-corrected chi connectivity index (χ0v) is 8.10. The van der Waals surface area contributed by atoms with Crippen molar-refractivity contribution in [2.45, 2.75) is 26.2 Å². The van der Waals surface area contributed by atoms with Crippen LogP contribution in [0.15, 0.2) is 15.6 Å². The Hall–Kier alpha value is -0.990. The summed E-state index contributed by atoms with van der Waals surface area (Å²) in [5.74, 6) is 0.412. The average molecular weight is 182 g/mol. The first-order chi connectivity index (χ1) is 5.54. The molecule has 0 aliphatic carbocycles. The van der Waals surface area contributed by atoms with Gasteiger partial charge in [-0.3, -0.25) is 0 Å². The molecule has 1 heterocycles. The lowest BCUT2D eigenvalue weighted by molar-refractivity contribution is 0.401. The summed E-state index contributed by atoms with van der Waals surface area (Å²) >= 11 is 4.43. The van der Waals surface area contributed by atoms with E-state index in [1.807, 2.05) is 0 Å². The van der Waals surface area contributed by atoms with E-state index in [2.05, 4.69) is 48.3 Å². The second-order valence-electron chi connectivity index (χ2n) is 3.50. The smallest absolute Gasteiger partial charge is 0.259 e. The van der Waals surface area contributed by atoms with Crippen molar-refractivity contribution in [3.05, 3.63) is 11.8 Å². The highest BCUT2D eigenvalue weighted by Gasteiger charge is 2.18. The molecule has 0 aliphatic rings. The Labute approximate surface area is 76.5 Å². The van der Waals surface area contributed by atoms with Gasteiger partial charge in [-0.25, -0.2) is 0 Å². The molecular weight excluding hydrogens is 172 g/mol. The van der Waals surface area contributed by atoms with E-state index >= 15 is 0 Å². The van der Waals surface area contributed by atoms with Crippen LogP contribution < -0.4 is 0 Å². The van der Waals surface area contributed by atoms with Crippen LogP contribution in [-0.2, 0) is 5.41 Å². The van der Waals surface area contributed by atoms with Crippen molar-refractivity contribution >= 4 is 23.3 Å². The first kappa shape index (κ1) is 9.10. The molecule has 12 heavy (non-hydrogen) atoms. The van der Waals surface area contributed by atoms with Crippen LogP contribution in [0.2, 0.25) is 0 Å². The van der Waals surface area contributed by atoms with Crippen LogP contribution in [0.5, 0.6) is 0 Å². The average Bonchev–Trinajstić information content (AvgIpc) is 2.35. The van der Waals surface area contributed by atoms with E-state index in [1.165, 1.54) is 0 Å². The predicted octanol–water partition coefficient (Wildman–Crippen LogP) is 2.71. The molecule has 1 rings (SSSR count). The number of aliphatic imine (C=N–C) groups is 1. The minimum Gasteiger partial charge on any atom is -0.335 e. The number of nitrogens with zero attached hydrogens (tertiary/aromatic N) is 2. The van der Waals surface area contributed by atoms with Crippen LogP contribution in [-0.4, -0.2) is 10.3 Å². The van der Waals surface area contributed by atoms with E-state index in [1.54, 1.807) is 6.07 Å². The van der Waals surface area contributed by atoms with E-state index in [9.17, 15) is 0 Å². The van der Waals surface area contributed by atoms with Gasteiger partial charge in [-0.2, -0.15) is 4.99 Å². The lowest BCUT2D eigenvalue weighted by Crippen LogP contribution is -2.10. The van der Waals surface area contributed by atoms with E-state index in [-0.39, 0.29) is 5.41 Å². The first-order valence-corrected chi connectivity index (χ1v) is 4.00. The van der Waals surface area contributed by atoms with Crippen molar-refractivity contribution in [1.29, 1.82) is 0 Å². The zero-order valence-electron chi connectivity index (χ0n) is 7.29. The highest BCUT2D eigenvalue weighted by atomic mass is 32.1. The Morgan fingerprint density at radius 3 is 2.67 bits per heavy atom. The molecule has 0 aliphatic heterocycles. The molecule has 0 unspecified atom stereocenters. The fourth-order valence-corrected chi connectivity index (χ4v) is 0.807. The number of thiocarbonyl (C=S) groups is 1. The number of hydrogen-bond acceptors (Lipinski definition) is 4. The molecule has 0 bridgehead atoms. The summed E-state index contributed by atoms with van der Waals surface area (Å²) in [6, 6.07) is 1.76. The molecule has 0 spiro atoms. The van der Waals surface area contributed by atoms with Gasteiger partial charge in [0.1, 0.15) is 0 Å². The Morgan fingerprint density at radius 2 is 2.25 bits per heavy atom. The summed E-state index contributed by atoms with van der Waals surface area (Å²) in [7, 11) is 0. The van der Waals surface area contributed by atoms with Crippen molar-refractivity contribution in [3.63, 3.8) is 0 Å². The number of rotatable bonds is 1. The van der Waals surface area contributed by atoms with Gasteiger partial charge in [0, 0.05) is 11.5 Å². The van der Waals surface area contributed by atoms with Gasteiger partial charge in [-0.05, 0) is 12.2 Å². The van der Waals surface area contributed by atoms with Crippen LogP contribution >= 0.6 is 12.2 Å². The third-order valence-electron chi connectivity index (χ3n) is 1.42. The molecule has 0 atom stereocenters. The highest BCUT2D eigenvalue weighted by molar-refractivity contribution is 7.78. The van der Waals surface area contributed by atoms with Gasteiger partial charge >= 0.3 is 0 Å². The van der Waals surface area contributed by atoms with Gasteiger partial charge in [0.2, 0.25) is 0 Å². The number of isothiocyanates is 1. The van der Waals surface area contributed by atoms with Crippen molar-refractivity contribution < 1.29 is 4.52 Å². The Kier molecular flexibility index (Phi) is 2.40. The molecule has 4 heteroatoms. The van der Waals surface area contributed by atoms with Crippen LogP contribution in [0.25, 0.3) is 0 Å². The summed E-state index contributed by atoms with van der Waals surface area (Å²) in [6.07, 6.45) is 0. The van der Waals surface area contributed by atoms with Crippen molar-refractivity contribution in [2.75, 3.05) is 0 Å². The van der Waals surface area contributed by atoms with E-state index in [0.29, 0.717) is 5.88 Å². The monoisotopic (exact) mass is 182 g/mol. The SMILES string of the molecule is CC(C)(C)c1cc(N=C=S)on1. The van der Waals surface area contributed by atoms with Crippen molar-refractivity contribution in [2.24, 2.45) is 4.99 Å². The quantitative estimate of drug-likeness (QED) is 0.495. The molecule has 0 fully saturated rings. The molecule has 0 amide bonds. The third kappa shape index (κ3) is 2.00. The van der Waals surface area contributed by atoms with Gasteiger partial charge in [0.15, 0.2) is 0 Å². The predicted molar refractivity (Wildman–Crippen MR) is 49.9 cm³/mol. The Morgan fingerprint density at radius 1 is 1.58 bits per heavy atom. The summed E-state index contributed by atoms with van der Waals surface area (Å²) in [4.78, 5) is 3.68. The molecule has 0 saturated carbocycles. The number of aromatic nitrogens is 1. The summed E-state index contributed by atoms with van der Waals surface area (Å²) in [5.41, 5.74) is 0.852. The van der Waals surface area contributed by atoms with Gasteiger partial charge in [-0.15, -0.1) is 0 Å². The second-order valence-corrected chi connectivity index (χ2v) is 3.69. The van der Waals surface area contributed by atoms with E-state index in [0.717, 1.165) is 5.69 Å². The van der Waals surface area contributed by atoms with Crippen LogP contribution in [0.3, 0.4) is 0 Å². The molecule has 0 N–H and O–H groups in total. The molecule has 3 nitrogen and oxygen atoms in total. The summed E-state index contributed by atoms with van der Waals surface area (Å²) < 4.78 is 4.89. The maximum Gasteiger partial charge on any atom is 0.259 e. The highest BCUT2D eigenvalue weighted by Crippen LogP contribution is 2.24. The third-order valence-corrected chi connectivity index (χ3v) is 1.51. The lowest BCUT2D eigenvalue weighted by Gasteiger charge is -2.12. The van der Waals surface area contributed by atoms with Gasteiger partial charge in [0.25, 0.3) is 5.88 Å². The maximum absolute atomic E-state index is 4.89. The fraction of sp³-hybridized carbons (Fsp3) is 0.500. The summed E-state index contributed by atoms with van der Waals surface area (Å²) in [6.45, 7) is 6.15. The molecule has 1 aromatic rings. The first-order valence-electron chi connectivity index (χ1n) is 3.59. The van der Waals surface area contributed by atoms with Crippen molar-refractivity contribution in [1.82, 2.24) is 5.16 Å². The normalized spacial score (nSPS) is 10.9. The van der Waals surface area contributed by atoms with Crippen molar-refractivity contribution in [3.8, 4) is 0 Å². The van der Waals surface area contributed by atoms with Gasteiger partial charge in [0.05, 0.1) is 10.9 Å². The molecule has 0 aromatic carbocycles. The fourth-order valence-electron chi connectivity index (χ4n) is 0.717. The molecular formula is C8H10N2OS.